The summed E-state index contributed by atoms with van der Waals surface area (Å²) < 4.78 is 0. The minimum absolute atomic E-state index is 0.575. The summed E-state index contributed by atoms with van der Waals surface area (Å²) in [7, 11) is 0. The minimum atomic E-state index is -1.58. The summed E-state index contributed by atoms with van der Waals surface area (Å²) in [6.45, 7) is 0. The molecule has 0 aliphatic heterocycles. The number of aldehydes is 1. The van der Waals surface area contributed by atoms with Crippen molar-refractivity contribution in [3.05, 3.63) is 71.3 Å². The van der Waals surface area contributed by atoms with Gasteiger partial charge in [-0.2, -0.15) is 0 Å². The topological polar surface area (TPSA) is 37.3 Å². The van der Waals surface area contributed by atoms with Crippen LogP contribution < -0.4 is 0 Å². The van der Waals surface area contributed by atoms with Crippen LogP contribution in [0.25, 0.3) is 0 Å². The molecule has 0 spiro atoms. The summed E-state index contributed by atoms with van der Waals surface area (Å²) in [4.78, 5) is 11.3. The molecule has 1 N–H and O–H groups in total. The van der Waals surface area contributed by atoms with E-state index in [1.54, 1.807) is 36.4 Å². The summed E-state index contributed by atoms with van der Waals surface area (Å²) in [6, 6.07) is 16.3. The van der Waals surface area contributed by atoms with Crippen molar-refractivity contribution in [3.8, 4) is 0 Å². The Morgan fingerprint density at radius 3 is 2.06 bits per heavy atom. The van der Waals surface area contributed by atoms with Crippen LogP contribution in [0.1, 0.15) is 16.7 Å². The highest BCUT2D eigenvalue weighted by Crippen LogP contribution is 2.27. The van der Waals surface area contributed by atoms with Crippen LogP contribution in [0.3, 0.4) is 0 Å². The lowest BCUT2D eigenvalue weighted by Crippen LogP contribution is -2.28. The van der Waals surface area contributed by atoms with Crippen LogP contribution in [0.15, 0.2) is 54.6 Å². The third kappa shape index (κ3) is 2.37. The maximum atomic E-state index is 11.3. The van der Waals surface area contributed by atoms with Gasteiger partial charge in [-0.1, -0.05) is 70.5 Å². The smallest absolute Gasteiger partial charge is 0.170 e. The second kappa shape index (κ2) is 5.46. The fraction of sp³-hybridized carbons (Fsp3) is 0.133. The van der Waals surface area contributed by atoms with E-state index in [0.29, 0.717) is 17.4 Å². The number of carbonyl (C=O) groups is 1. The fourth-order valence-electron chi connectivity index (χ4n) is 1.84. The van der Waals surface area contributed by atoms with E-state index in [4.69, 9.17) is 0 Å². The van der Waals surface area contributed by atoms with E-state index in [1.165, 1.54) is 0 Å². The van der Waals surface area contributed by atoms with Crippen LogP contribution in [0.4, 0.5) is 0 Å². The summed E-state index contributed by atoms with van der Waals surface area (Å²) >= 11 is 3.36. The number of rotatable bonds is 4. The molecule has 2 rings (SSSR count). The molecule has 0 aromatic heterocycles. The van der Waals surface area contributed by atoms with Crippen LogP contribution in [-0.4, -0.2) is 11.4 Å². The number of benzene rings is 2. The van der Waals surface area contributed by atoms with Gasteiger partial charge in [0.05, 0.1) is 0 Å². The van der Waals surface area contributed by atoms with E-state index in [2.05, 4.69) is 15.9 Å². The zero-order chi connectivity index (χ0) is 13.0. The number of hydrogen-bond acceptors (Lipinski definition) is 2. The molecule has 1 atom stereocenters. The van der Waals surface area contributed by atoms with Crippen LogP contribution in [0.5, 0.6) is 0 Å². The van der Waals surface area contributed by atoms with E-state index in [1.807, 2.05) is 18.2 Å². The monoisotopic (exact) mass is 304 g/mol. The Bertz CT molecular complexity index is 522. The molecule has 0 radical (unpaired) electrons. The lowest BCUT2D eigenvalue weighted by Gasteiger charge is -2.23. The Morgan fingerprint density at radius 1 is 1.00 bits per heavy atom. The van der Waals surface area contributed by atoms with Crippen molar-refractivity contribution in [1.29, 1.82) is 0 Å². The van der Waals surface area contributed by atoms with Gasteiger partial charge < -0.3 is 5.11 Å². The SMILES string of the molecule is O=CC(O)(c1ccccc1)c1ccc(CBr)cc1. The highest BCUT2D eigenvalue weighted by Gasteiger charge is 2.30. The van der Waals surface area contributed by atoms with Gasteiger partial charge in [0.25, 0.3) is 0 Å². The van der Waals surface area contributed by atoms with Crippen LogP contribution >= 0.6 is 15.9 Å². The third-order valence-electron chi connectivity index (χ3n) is 2.93. The highest BCUT2D eigenvalue weighted by molar-refractivity contribution is 9.08. The Hall–Kier alpha value is -1.45. The quantitative estimate of drug-likeness (QED) is 0.696. The van der Waals surface area contributed by atoms with Gasteiger partial charge in [0.15, 0.2) is 11.9 Å². The molecule has 0 saturated heterocycles. The lowest BCUT2D eigenvalue weighted by molar-refractivity contribution is -0.121. The maximum Gasteiger partial charge on any atom is 0.170 e. The van der Waals surface area contributed by atoms with Crippen molar-refractivity contribution in [2.75, 3.05) is 0 Å². The Morgan fingerprint density at radius 2 is 1.56 bits per heavy atom. The second-order valence-corrected chi connectivity index (χ2v) is 4.64. The van der Waals surface area contributed by atoms with Gasteiger partial charge in [0.2, 0.25) is 0 Å². The average Bonchev–Trinajstić information content (AvgIpc) is 2.47. The van der Waals surface area contributed by atoms with Gasteiger partial charge in [-0.25, -0.2) is 0 Å². The fourth-order valence-corrected chi connectivity index (χ4v) is 2.22. The molecule has 0 saturated carbocycles. The molecule has 3 heteroatoms. The molecule has 0 bridgehead atoms. The maximum absolute atomic E-state index is 11.3. The number of halogens is 1. The van der Waals surface area contributed by atoms with Gasteiger partial charge in [0, 0.05) is 5.33 Å². The number of alkyl halides is 1. The number of carbonyl (C=O) groups excluding carboxylic acids is 1. The zero-order valence-electron chi connectivity index (χ0n) is 9.71. The molecular weight excluding hydrogens is 292 g/mol. The van der Waals surface area contributed by atoms with E-state index in [9.17, 15) is 9.90 Å². The molecular formula is C15H13BrO2. The molecule has 2 nitrogen and oxygen atoms in total. The number of aliphatic hydroxyl groups is 1. The molecule has 0 fully saturated rings. The lowest BCUT2D eigenvalue weighted by atomic mass is 9.87. The molecule has 18 heavy (non-hydrogen) atoms. The summed E-state index contributed by atoms with van der Waals surface area (Å²) in [5.74, 6) is 0. The summed E-state index contributed by atoms with van der Waals surface area (Å²) in [5, 5.41) is 11.3. The van der Waals surface area contributed by atoms with Crippen molar-refractivity contribution in [2.24, 2.45) is 0 Å². The first-order valence-corrected chi connectivity index (χ1v) is 6.72. The first-order valence-electron chi connectivity index (χ1n) is 5.60. The first kappa shape index (κ1) is 13.0. The summed E-state index contributed by atoms with van der Waals surface area (Å²) in [5.41, 5.74) is 0.673. The molecule has 2 aromatic rings. The molecule has 2 aromatic carbocycles. The van der Waals surface area contributed by atoms with Gasteiger partial charge in [-0.3, -0.25) is 4.79 Å². The van der Waals surface area contributed by atoms with Crippen molar-refractivity contribution in [2.45, 2.75) is 10.9 Å². The Labute approximate surface area is 114 Å². The Balaban J connectivity index is 2.46. The van der Waals surface area contributed by atoms with Crippen LogP contribution in [0.2, 0.25) is 0 Å². The number of hydrogen-bond donors (Lipinski definition) is 1. The van der Waals surface area contributed by atoms with Crippen LogP contribution in [0, 0.1) is 0 Å². The molecule has 1 unspecified atom stereocenters. The summed E-state index contributed by atoms with van der Waals surface area (Å²) in [6.07, 6.45) is 0.575. The van der Waals surface area contributed by atoms with Crippen molar-refractivity contribution in [3.63, 3.8) is 0 Å². The molecule has 0 aliphatic carbocycles. The Kier molecular flexibility index (Phi) is 3.94. The van der Waals surface area contributed by atoms with Crippen molar-refractivity contribution < 1.29 is 9.90 Å². The normalized spacial score (nSPS) is 13.9. The average molecular weight is 305 g/mol. The molecule has 92 valence electrons. The van der Waals surface area contributed by atoms with Crippen molar-refractivity contribution >= 4 is 22.2 Å². The first-order chi connectivity index (χ1) is 8.70. The minimum Gasteiger partial charge on any atom is -0.373 e. The zero-order valence-corrected chi connectivity index (χ0v) is 11.3. The highest BCUT2D eigenvalue weighted by atomic mass is 79.9. The van der Waals surface area contributed by atoms with Crippen molar-refractivity contribution in [1.82, 2.24) is 0 Å². The van der Waals surface area contributed by atoms with Gasteiger partial charge in [-0.15, -0.1) is 0 Å². The van der Waals surface area contributed by atoms with Gasteiger partial charge >= 0.3 is 0 Å². The largest absolute Gasteiger partial charge is 0.373 e. The molecule has 0 aliphatic rings. The van der Waals surface area contributed by atoms with E-state index < -0.39 is 5.60 Å². The van der Waals surface area contributed by atoms with E-state index in [0.717, 1.165) is 10.9 Å². The third-order valence-corrected chi connectivity index (χ3v) is 3.58. The second-order valence-electron chi connectivity index (χ2n) is 4.08. The van der Waals surface area contributed by atoms with Gasteiger partial charge in [-0.05, 0) is 16.7 Å². The standard InChI is InChI=1S/C15H13BrO2/c16-10-12-6-8-14(9-7-12)15(18,11-17)13-4-2-1-3-5-13/h1-9,11,18H,10H2. The molecule has 0 amide bonds. The van der Waals surface area contributed by atoms with Gasteiger partial charge in [0.1, 0.15) is 0 Å². The predicted molar refractivity (Wildman–Crippen MR) is 74.6 cm³/mol. The van der Waals surface area contributed by atoms with E-state index >= 15 is 0 Å². The van der Waals surface area contributed by atoms with Crippen LogP contribution in [-0.2, 0) is 15.7 Å². The molecule has 0 heterocycles. The van der Waals surface area contributed by atoms with E-state index in [-0.39, 0.29) is 0 Å². The predicted octanol–water partition coefficient (Wildman–Crippen LogP) is 3.02.